The Balaban J connectivity index is 1.66. The number of aromatic nitrogens is 1. The van der Waals surface area contributed by atoms with Crippen LogP contribution in [0.3, 0.4) is 0 Å². The number of carbonyl (C=O) groups is 2. The van der Waals surface area contributed by atoms with E-state index in [0.717, 1.165) is 29.7 Å². The molecule has 0 aromatic carbocycles. The van der Waals surface area contributed by atoms with Crippen molar-refractivity contribution in [3.8, 4) is 6.07 Å². The number of fused-ring (bicyclic) bond motifs is 1. The van der Waals surface area contributed by atoms with Gasteiger partial charge in [-0.15, -0.1) is 11.3 Å². The van der Waals surface area contributed by atoms with Crippen molar-refractivity contribution in [3.63, 3.8) is 0 Å². The summed E-state index contributed by atoms with van der Waals surface area (Å²) in [4.78, 5) is 25.6. The van der Waals surface area contributed by atoms with Gasteiger partial charge in [0.2, 0.25) is 0 Å². The van der Waals surface area contributed by atoms with Gasteiger partial charge in [0.15, 0.2) is 6.61 Å². The van der Waals surface area contributed by atoms with Crippen molar-refractivity contribution < 1.29 is 18.8 Å². The Kier molecular flexibility index (Phi) is 5.61. The third-order valence-electron chi connectivity index (χ3n) is 4.68. The van der Waals surface area contributed by atoms with E-state index in [2.05, 4.69) is 23.5 Å². The lowest BCUT2D eigenvalue weighted by molar-refractivity contribution is -0.119. The molecule has 0 unspecified atom stereocenters. The van der Waals surface area contributed by atoms with Gasteiger partial charge in [0.05, 0.1) is 11.3 Å². The van der Waals surface area contributed by atoms with E-state index in [-0.39, 0.29) is 5.56 Å². The predicted octanol–water partition coefficient (Wildman–Crippen LogP) is 3.40. The second-order valence-electron chi connectivity index (χ2n) is 6.71. The van der Waals surface area contributed by atoms with Gasteiger partial charge < -0.3 is 14.6 Å². The SMILES string of the molecule is CCc1noc(C)c1C(=O)OCC(=O)Nc1sc2c(c1C#N)CC[C@H](C)C2. The van der Waals surface area contributed by atoms with Crippen LogP contribution in [0, 0.1) is 24.2 Å². The molecule has 0 radical (unpaired) electrons. The number of aryl methyl sites for hydroxylation is 2. The van der Waals surface area contributed by atoms with Crippen LogP contribution in [0.2, 0.25) is 0 Å². The Labute approximate surface area is 161 Å². The highest BCUT2D eigenvalue weighted by molar-refractivity contribution is 7.16. The van der Waals surface area contributed by atoms with Gasteiger partial charge in [0.1, 0.15) is 22.4 Å². The van der Waals surface area contributed by atoms with Crippen molar-refractivity contribution in [1.29, 1.82) is 5.26 Å². The molecule has 0 fully saturated rings. The number of esters is 1. The molecule has 2 heterocycles. The van der Waals surface area contributed by atoms with E-state index in [1.54, 1.807) is 6.92 Å². The first-order valence-corrected chi connectivity index (χ1v) is 9.72. The molecule has 0 bridgehead atoms. The number of thiophene rings is 1. The first kappa shape index (κ1) is 19.1. The van der Waals surface area contributed by atoms with Crippen molar-refractivity contribution in [1.82, 2.24) is 5.16 Å². The highest BCUT2D eigenvalue weighted by atomic mass is 32.1. The number of amides is 1. The monoisotopic (exact) mass is 387 g/mol. The lowest BCUT2D eigenvalue weighted by atomic mass is 9.89. The molecule has 27 heavy (non-hydrogen) atoms. The van der Waals surface area contributed by atoms with Crippen molar-refractivity contribution in [3.05, 3.63) is 33.0 Å². The third-order valence-corrected chi connectivity index (χ3v) is 5.85. The molecule has 1 N–H and O–H groups in total. The number of anilines is 1. The van der Waals surface area contributed by atoms with Crippen molar-refractivity contribution in [2.75, 3.05) is 11.9 Å². The number of hydrogen-bond donors (Lipinski definition) is 1. The maximum absolute atomic E-state index is 12.2. The zero-order chi connectivity index (χ0) is 19.6. The van der Waals surface area contributed by atoms with Gasteiger partial charge in [0, 0.05) is 4.88 Å². The summed E-state index contributed by atoms with van der Waals surface area (Å²) in [5.74, 6) is -0.171. The number of nitrogens with one attached hydrogen (secondary N) is 1. The second kappa shape index (κ2) is 7.92. The van der Waals surface area contributed by atoms with Gasteiger partial charge in [-0.05, 0) is 44.1 Å². The molecule has 2 aromatic rings. The first-order valence-electron chi connectivity index (χ1n) is 8.91. The maximum atomic E-state index is 12.2. The molecule has 2 aromatic heterocycles. The van der Waals surface area contributed by atoms with E-state index in [0.29, 0.717) is 34.4 Å². The normalized spacial score (nSPS) is 15.7. The lowest BCUT2D eigenvalue weighted by Crippen LogP contribution is -2.21. The number of carbonyl (C=O) groups excluding carboxylic acids is 2. The molecule has 1 aliphatic carbocycles. The van der Waals surface area contributed by atoms with Crippen LogP contribution in [-0.2, 0) is 28.8 Å². The summed E-state index contributed by atoms with van der Waals surface area (Å²) in [5.41, 5.74) is 2.35. The Morgan fingerprint density at radius 3 is 2.96 bits per heavy atom. The molecule has 0 saturated heterocycles. The average molecular weight is 387 g/mol. The topological polar surface area (TPSA) is 105 Å². The van der Waals surface area contributed by atoms with Gasteiger partial charge >= 0.3 is 5.97 Å². The summed E-state index contributed by atoms with van der Waals surface area (Å²) in [7, 11) is 0. The number of nitrogens with zero attached hydrogens (tertiary/aromatic N) is 2. The highest BCUT2D eigenvalue weighted by Gasteiger charge is 2.25. The smallest absolute Gasteiger partial charge is 0.344 e. The van der Waals surface area contributed by atoms with Crippen molar-refractivity contribution in [2.45, 2.75) is 46.5 Å². The number of hydrogen-bond acceptors (Lipinski definition) is 7. The van der Waals surface area contributed by atoms with Gasteiger partial charge in [0.25, 0.3) is 5.91 Å². The van der Waals surface area contributed by atoms with Crippen LogP contribution in [0.15, 0.2) is 4.52 Å². The summed E-state index contributed by atoms with van der Waals surface area (Å²) in [6, 6.07) is 2.20. The Bertz CT molecular complexity index is 922. The Hall–Kier alpha value is -2.66. The maximum Gasteiger partial charge on any atom is 0.344 e. The van der Waals surface area contributed by atoms with Crippen LogP contribution >= 0.6 is 11.3 Å². The van der Waals surface area contributed by atoms with Gasteiger partial charge in [-0.25, -0.2) is 4.79 Å². The summed E-state index contributed by atoms with van der Waals surface area (Å²) in [5, 5.41) is 16.5. The molecule has 1 amide bonds. The van der Waals surface area contributed by atoms with E-state index in [1.165, 1.54) is 11.3 Å². The van der Waals surface area contributed by atoms with Crippen molar-refractivity contribution >= 4 is 28.2 Å². The number of nitriles is 1. The first-order chi connectivity index (χ1) is 12.9. The van der Waals surface area contributed by atoms with Crippen LogP contribution in [0.5, 0.6) is 0 Å². The van der Waals surface area contributed by atoms with E-state index in [9.17, 15) is 14.9 Å². The molecule has 0 spiro atoms. The molecule has 0 saturated carbocycles. The fourth-order valence-corrected chi connectivity index (χ4v) is 4.62. The summed E-state index contributed by atoms with van der Waals surface area (Å²) in [6.07, 6.45) is 3.35. The minimum Gasteiger partial charge on any atom is -0.452 e. The summed E-state index contributed by atoms with van der Waals surface area (Å²) in [6.45, 7) is 5.23. The molecular weight excluding hydrogens is 366 g/mol. The molecule has 142 valence electrons. The molecule has 0 aliphatic heterocycles. The second-order valence-corrected chi connectivity index (χ2v) is 7.81. The molecule has 3 rings (SSSR count). The lowest BCUT2D eigenvalue weighted by Gasteiger charge is -2.17. The minimum atomic E-state index is -0.638. The minimum absolute atomic E-state index is 0.267. The Morgan fingerprint density at radius 2 is 2.26 bits per heavy atom. The molecule has 8 heteroatoms. The summed E-state index contributed by atoms with van der Waals surface area (Å²) >= 11 is 1.44. The standard InChI is InChI=1S/C19H21N3O4S/c1-4-14-17(11(3)26-22-14)19(24)25-9-16(23)21-18-13(8-20)12-6-5-10(2)7-15(12)27-18/h10H,4-7,9H2,1-3H3,(H,21,23)/t10-/m0/s1. The van der Waals surface area contributed by atoms with Crippen LogP contribution in [-0.4, -0.2) is 23.6 Å². The van der Waals surface area contributed by atoms with Gasteiger partial charge in [-0.3, -0.25) is 4.79 Å². The van der Waals surface area contributed by atoms with Gasteiger partial charge in [-0.1, -0.05) is 19.0 Å². The number of ether oxygens (including phenoxy) is 1. The van der Waals surface area contributed by atoms with E-state index in [1.807, 2.05) is 6.92 Å². The zero-order valence-electron chi connectivity index (χ0n) is 15.5. The van der Waals surface area contributed by atoms with Crippen LogP contribution in [0.4, 0.5) is 5.00 Å². The average Bonchev–Trinajstić information content (AvgIpc) is 3.18. The van der Waals surface area contributed by atoms with E-state index >= 15 is 0 Å². The van der Waals surface area contributed by atoms with Crippen molar-refractivity contribution in [2.24, 2.45) is 5.92 Å². The molecule has 7 nitrogen and oxygen atoms in total. The van der Waals surface area contributed by atoms with Crippen LogP contribution in [0.1, 0.15) is 58.1 Å². The van der Waals surface area contributed by atoms with E-state index in [4.69, 9.17) is 9.26 Å². The molecular formula is C19H21N3O4S. The third kappa shape index (κ3) is 3.88. The predicted molar refractivity (Wildman–Crippen MR) is 99.8 cm³/mol. The summed E-state index contributed by atoms with van der Waals surface area (Å²) < 4.78 is 10.1. The fourth-order valence-electron chi connectivity index (χ4n) is 3.24. The number of rotatable bonds is 5. The van der Waals surface area contributed by atoms with Crippen LogP contribution < -0.4 is 5.32 Å². The quantitative estimate of drug-likeness (QED) is 0.788. The highest BCUT2D eigenvalue weighted by Crippen LogP contribution is 2.39. The fraction of sp³-hybridized carbons (Fsp3) is 0.474. The molecule has 1 atom stereocenters. The van der Waals surface area contributed by atoms with E-state index < -0.39 is 18.5 Å². The van der Waals surface area contributed by atoms with Gasteiger partial charge in [-0.2, -0.15) is 5.26 Å². The zero-order valence-corrected chi connectivity index (χ0v) is 16.4. The van der Waals surface area contributed by atoms with Crippen LogP contribution in [0.25, 0.3) is 0 Å². The largest absolute Gasteiger partial charge is 0.452 e. The Morgan fingerprint density at radius 1 is 1.48 bits per heavy atom. The molecule has 1 aliphatic rings.